The summed E-state index contributed by atoms with van der Waals surface area (Å²) in [5.41, 5.74) is 6.05. The van der Waals surface area contributed by atoms with Crippen LogP contribution in [-0.2, 0) is 11.2 Å². The van der Waals surface area contributed by atoms with Crippen LogP contribution in [0.5, 0.6) is 0 Å². The van der Waals surface area contributed by atoms with Crippen LogP contribution < -0.4 is 5.32 Å². The number of aromatic nitrogens is 2. The monoisotopic (exact) mass is 550 g/mol. The maximum Gasteiger partial charge on any atom is 0.251 e. The third-order valence-corrected chi connectivity index (χ3v) is 8.81. The lowest BCUT2D eigenvalue weighted by molar-refractivity contribution is -0.0639. The Morgan fingerprint density at radius 2 is 1.83 bits per heavy atom. The van der Waals surface area contributed by atoms with E-state index in [0.29, 0.717) is 17.5 Å². The number of amides is 1. The lowest BCUT2D eigenvalue weighted by atomic mass is 9.92. The number of ether oxygens (including phenoxy) is 1. The summed E-state index contributed by atoms with van der Waals surface area (Å²) in [7, 11) is 0. The summed E-state index contributed by atoms with van der Waals surface area (Å²) in [4.78, 5) is 16.0. The van der Waals surface area contributed by atoms with Gasteiger partial charge in [0.25, 0.3) is 5.91 Å². The average Bonchev–Trinajstić information content (AvgIpc) is 3.25. The molecular formula is C35H42N4O2. The molecule has 2 aliphatic rings. The predicted molar refractivity (Wildman–Crippen MR) is 165 cm³/mol. The summed E-state index contributed by atoms with van der Waals surface area (Å²) < 4.78 is 5.41. The number of rotatable bonds is 9. The first kappa shape index (κ1) is 27.7. The van der Waals surface area contributed by atoms with E-state index in [1.54, 1.807) is 0 Å². The van der Waals surface area contributed by atoms with Crippen LogP contribution in [0.25, 0.3) is 22.2 Å². The molecule has 214 valence electrons. The maximum absolute atomic E-state index is 13.4. The van der Waals surface area contributed by atoms with E-state index in [2.05, 4.69) is 70.7 Å². The van der Waals surface area contributed by atoms with Crippen LogP contribution in [0, 0.1) is 11.8 Å². The van der Waals surface area contributed by atoms with E-state index in [4.69, 9.17) is 4.74 Å². The molecule has 2 aliphatic heterocycles. The zero-order chi connectivity index (χ0) is 28.2. The van der Waals surface area contributed by atoms with Crippen molar-refractivity contribution in [2.24, 2.45) is 11.8 Å². The molecule has 1 unspecified atom stereocenters. The second kappa shape index (κ2) is 12.6. The van der Waals surface area contributed by atoms with Gasteiger partial charge >= 0.3 is 0 Å². The first-order valence-corrected chi connectivity index (χ1v) is 15.3. The van der Waals surface area contributed by atoms with Crippen LogP contribution in [0.3, 0.4) is 0 Å². The van der Waals surface area contributed by atoms with Gasteiger partial charge in [0.1, 0.15) is 0 Å². The summed E-state index contributed by atoms with van der Waals surface area (Å²) >= 11 is 0. The van der Waals surface area contributed by atoms with Crippen molar-refractivity contribution in [3.8, 4) is 11.3 Å². The summed E-state index contributed by atoms with van der Waals surface area (Å²) in [6.07, 6.45) is 5.84. The van der Waals surface area contributed by atoms with E-state index < -0.39 is 0 Å². The van der Waals surface area contributed by atoms with E-state index >= 15 is 0 Å². The second-order valence-corrected chi connectivity index (χ2v) is 12.3. The number of carbonyl (C=O) groups is 1. The van der Waals surface area contributed by atoms with Crippen molar-refractivity contribution in [2.75, 3.05) is 26.3 Å². The Morgan fingerprint density at radius 1 is 1.02 bits per heavy atom. The van der Waals surface area contributed by atoms with Crippen molar-refractivity contribution in [1.82, 2.24) is 20.4 Å². The molecule has 3 heterocycles. The number of likely N-dealkylation sites (tertiary alicyclic amines) is 1. The molecule has 1 amide bonds. The third-order valence-electron chi connectivity index (χ3n) is 8.81. The highest BCUT2D eigenvalue weighted by Crippen LogP contribution is 2.30. The average molecular weight is 551 g/mol. The van der Waals surface area contributed by atoms with Gasteiger partial charge in [-0.05, 0) is 86.4 Å². The number of nitrogens with zero attached hydrogens (tertiary/aromatic N) is 2. The third kappa shape index (κ3) is 6.55. The van der Waals surface area contributed by atoms with Crippen molar-refractivity contribution < 1.29 is 9.53 Å². The normalized spacial score (nSPS) is 19.1. The number of hydrogen-bond acceptors (Lipinski definition) is 4. The Kier molecular flexibility index (Phi) is 8.49. The van der Waals surface area contributed by atoms with E-state index in [1.165, 1.54) is 37.9 Å². The summed E-state index contributed by atoms with van der Waals surface area (Å²) in [6, 6.07) is 25.5. The molecule has 2 fully saturated rings. The van der Waals surface area contributed by atoms with Crippen LogP contribution in [0.15, 0.2) is 72.8 Å². The van der Waals surface area contributed by atoms with Gasteiger partial charge in [0.05, 0.1) is 36.5 Å². The van der Waals surface area contributed by atoms with Gasteiger partial charge in [-0.25, -0.2) is 0 Å². The number of hydrogen-bond donors (Lipinski definition) is 2. The van der Waals surface area contributed by atoms with Crippen LogP contribution >= 0.6 is 0 Å². The lowest BCUT2D eigenvalue weighted by Gasteiger charge is -2.36. The van der Waals surface area contributed by atoms with Crippen LogP contribution in [0.4, 0.5) is 0 Å². The van der Waals surface area contributed by atoms with Crippen molar-refractivity contribution >= 4 is 16.8 Å². The minimum Gasteiger partial charge on any atom is -0.378 e. The van der Waals surface area contributed by atoms with Crippen molar-refractivity contribution in [3.63, 3.8) is 0 Å². The molecule has 4 aromatic rings. The van der Waals surface area contributed by atoms with Crippen LogP contribution in [0.2, 0.25) is 0 Å². The van der Waals surface area contributed by atoms with Gasteiger partial charge in [-0.2, -0.15) is 5.10 Å². The highest BCUT2D eigenvalue weighted by Gasteiger charge is 2.28. The Balaban J connectivity index is 1.14. The first-order valence-electron chi connectivity index (χ1n) is 15.3. The zero-order valence-electron chi connectivity index (χ0n) is 24.3. The highest BCUT2D eigenvalue weighted by atomic mass is 16.5. The van der Waals surface area contributed by atoms with E-state index in [-0.39, 0.29) is 11.9 Å². The topological polar surface area (TPSA) is 70.2 Å². The Labute approximate surface area is 243 Å². The van der Waals surface area contributed by atoms with E-state index in [9.17, 15) is 4.79 Å². The van der Waals surface area contributed by atoms with Crippen LogP contribution in [-0.4, -0.2) is 53.3 Å². The number of H-pyrrole nitrogens is 1. The van der Waals surface area contributed by atoms with Gasteiger partial charge in [0, 0.05) is 16.5 Å². The van der Waals surface area contributed by atoms with Crippen molar-refractivity contribution in [3.05, 3.63) is 89.5 Å². The maximum atomic E-state index is 13.4. The molecule has 6 nitrogen and oxygen atoms in total. The van der Waals surface area contributed by atoms with Crippen molar-refractivity contribution in [2.45, 2.75) is 58.0 Å². The fourth-order valence-corrected chi connectivity index (χ4v) is 6.37. The summed E-state index contributed by atoms with van der Waals surface area (Å²) in [6.45, 7) is 8.59. The molecule has 0 aliphatic carbocycles. The SMILES string of the molecule is CC(C)C[C@H](NC(=O)c1ccc2[nH]nc(-c3ccc(CC4CCCN(C5COC5)CC4)cc3)c2c1)c1ccccc1. The molecule has 0 spiro atoms. The molecular weight excluding hydrogens is 508 g/mol. The molecule has 2 atom stereocenters. The Morgan fingerprint density at radius 3 is 2.56 bits per heavy atom. The fraction of sp³-hybridized carbons (Fsp3) is 0.429. The predicted octanol–water partition coefficient (Wildman–Crippen LogP) is 6.79. The molecule has 2 saturated heterocycles. The molecule has 6 rings (SSSR count). The molecule has 41 heavy (non-hydrogen) atoms. The summed E-state index contributed by atoms with van der Waals surface area (Å²) in [5, 5.41) is 12.0. The van der Waals surface area contributed by atoms with E-state index in [0.717, 1.165) is 59.7 Å². The largest absolute Gasteiger partial charge is 0.378 e. The van der Waals surface area contributed by atoms with E-state index in [1.807, 2.05) is 36.4 Å². The van der Waals surface area contributed by atoms with Gasteiger partial charge in [0.15, 0.2) is 0 Å². The van der Waals surface area contributed by atoms with Gasteiger partial charge < -0.3 is 10.1 Å². The molecule has 6 heteroatoms. The van der Waals surface area contributed by atoms with Gasteiger partial charge in [-0.15, -0.1) is 0 Å². The molecule has 0 saturated carbocycles. The molecule has 0 bridgehead atoms. The Hall–Kier alpha value is -3.48. The van der Waals surface area contributed by atoms with Crippen LogP contribution in [0.1, 0.15) is 67.1 Å². The molecule has 0 radical (unpaired) electrons. The molecule has 1 aromatic heterocycles. The van der Waals surface area contributed by atoms with Gasteiger partial charge in [-0.3, -0.25) is 14.8 Å². The number of nitrogens with one attached hydrogen (secondary N) is 2. The zero-order valence-corrected chi connectivity index (χ0v) is 24.3. The fourth-order valence-electron chi connectivity index (χ4n) is 6.37. The highest BCUT2D eigenvalue weighted by molar-refractivity contribution is 6.01. The summed E-state index contributed by atoms with van der Waals surface area (Å²) in [5.74, 6) is 1.14. The van der Waals surface area contributed by atoms with Crippen molar-refractivity contribution in [1.29, 1.82) is 0 Å². The number of carbonyl (C=O) groups excluding carboxylic acids is 1. The first-order chi connectivity index (χ1) is 20.0. The number of aromatic amines is 1. The number of benzene rings is 3. The number of fused-ring (bicyclic) bond motifs is 1. The van der Waals surface area contributed by atoms with Gasteiger partial charge in [0.2, 0.25) is 0 Å². The Bertz CT molecular complexity index is 1440. The lowest BCUT2D eigenvalue weighted by Crippen LogP contribution is -2.49. The molecule has 2 N–H and O–H groups in total. The minimum absolute atomic E-state index is 0.0282. The second-order valence-electron chi connectivity index (χ2n) is 12.3. The molecule has 3 aromatic carbocycles. The quantitative estimate of drug-likeness (QED) is 0.241. The minimum atomic E-state index is -0.0595. The van der Waals surface area contributed by atoms with Gasteiger partial charge in [-0.1, -0.05) is 68.4 Å². The smallest absolute Gasteiger partial charge is 0.251 e. The standard InChI is InChI=1S/C35H42N4O2/c1-24(2)19-33(27-8-4-3-5-9-27)36-35(40)29-14-15-32-31(21-29)34(38-37-32)28-12-10-26(11-13-28)20-25-7-6-17-39(18-16-25)30-22-41-23-30/h3-5,8-15,21,24-25,30,33H,6-7,16-20,22-23H2,1-2H3,(H,36,40)(H,37,38)/t25?,33-/m0/s1.